The second-order valence-electron chi connectivity index (χ2n) is 3.12. The Bertz CT molecular complexity index is 498. The Morgan fingerprint density at radius 1 is 1.13 bits per heavy atom. The quantitative estimate of drug-likeness (QED) is 0.708. The molecule has 0 saturated carbocycles. The number of halogens is 2. The Morgan fingerprint density at radius 2 is 1.93 bits per heavy atom. The lowest BCUT2D eigenvalue weighted by molar-refractivity contribution is 1.17. The van der Waals surface area contributed by atoms with E-state index in [0.29, 0.717) is 0 Å². The molecule has 2 aromatic rings. The van der Waals surface area contributed by atoms with Crippen LogP contribution in [0, 0.1) is 6.92 Å². The number of hydrogen-bond donors (Lipinski definition) is 0. The van der Waals surface area contributed by atoms with E-state index >= 15 is 0 Å². The Hall–Kier alpha value is -1.12. The highest BCUT2D eigenvalue weighted by Gasteiger charge is 2.06. The predicted molar refractivity (Wildman–Crippen MR) is 62.2 cm³/mol. The topological polar surface area (TPSA) is 25.8 Å². The van der Waals surface area contributed by atoms with E-state index in [1.54, 1.807) is 6.20 Å². The van der Waals surface area contributed by atoms with E-state index in [9.17, 15) is 0 Å². The van der Waals surface area contributed by atoms with Gasteiger partial charge >= 0.3 is 0 Å². The minimum Gasteiger partial charge on any atom is -0.226 e. The zero-order chi connectivity index (χ0) is 10.8. The average molecular weight is 239 g/mol. The molecular formula is C11H8Cl2N2. The van der Waals surface area contributed by atoms with E-state index in [0.717, 1.165) is 21.8 Å². The number of hydrogen-bond acceptors (Lipinski definition) is 2. The molecule has 0 radical (unpaired) electrons. The maximum absolute atomic E-state index is 6.03. The van der Waals surface area contributed by atoms with Crippen molar-refractivity contribution in [2.45, 2.75) is 6.92 Å². The summed E-state index contributed by atoms with van der Waals surface area (Å²) in [6.45, 7) is 1.95. The molecule has 0 saturated heterocycles. The molecule has 0 aliphatic rings. The second-order valence-corrected chi connectivity index (χ2v) is 3.87. The van der Waals surface area contributed by atoms with Crippen molar-refractivity contribution in [1.29, 1.82) is 0 Å². The summed E-state index contributed by atoms with van der Waals surface area (Å²) in [6, 6.07) is 7.51. The van der Waals surface area contributed by atoms with Gasteiger partial charge in [0.05, 0.1) is 5.69 Å². The van der Waals surface area contributed by atoms with Crippen LogP contribution in [0.4, 0.5) is 0 Å². The van der Waals surface area contributed by atoms with Gasteiger partial charge < -0.3 is 0 Å². The first-order valence-corrected chi connectivity index (χ1v) is 5.18. The van der Waals surface area contributed by atoms with Gasteiger partial charge in [-0.25, -0.2) is 9.97 Å². The van der Waals surface area contributed by atoms with Crippen LogP contribution >= 0.6 is 23.2 Å². The van der Waals surface area contributed by atoms with E-state index in [1.807, 2.05) is 31.2 Å². The summed E-state index contributed by atoms with van der Waals surface area (Å²) in [4.78, 5) is 7.98. The molecule has 76 valence electrons. The number of aromatic nitrogens is 2. The van der Waals surface area contributed by atoms with Crippen LogP contribution in [0.2, 0.25) is 10.3 Å². The van der Waals surface area contributed by atoms with Gasteiger partial charge in [0.2, 0.25) is 5.28 Å². The molecule has 0 aliphatic carbocycles. The monoisotopic (exact) mass is 238 g/mol. The number of rotatable bonds is 1. The molecule has 0 fully saturated rings. The van der Waals surface area contributed by atoms with Crippen LogP contribution in [0.25, 0.3) is 11.3 Å². The van der Waals surface area contributed by atoms with Gasteiger partial charge in [0.15, 0.2) is 0 Å². The summed E-state index contributed by atoms with van der Waals surface area (Å²) in [6.07, 6.45) is 1.63. The largest absolute Gasteiger partial charge is 0.226 e. The van der Waals surface area contributed by atoms with Crippen molar-refractivity contribution in [3.63, 3.8) is 0 Å². The molecule has 15 heavy (non-hydrogen) atoms. The van der Waals surface area contributed by atoms with Crippen molar-refractivity contribution >= 4 is 23.2 Å². The fraction of sp³-hybridized carbons (Fsp3) is 0.0909. The molecule has 4 heteroatoms. The van der Waals surface area contributed by atoms with Crippen LogP contribution in [0.3, 0.4) is 0 Å². The maximum atomic E-state index is 6.03. The van der Waals surface area contributed by atoms with Gasteiger partial charge in [-0.15, -0.1) is 0 Å². The van der Waals surface area contributed by atoms with E-state index in [-0.39, 0.29) is 5.28 Å². The average Bonchev–Trinajstić information content (AvgIpc) is 2.22. The summed E-state index contributed by atoms with van der Waals surface area (Å²) in [5.41, 5.74) is 2.76. The first-order valence-electron chi connectivity index (χ1n) is 4.42. The van der Waals surface area contributed by atoms with Gasteiger partial charge in [-0.2, -0.15) is 0 Å². The smallest absolute Gasteiger partial charge is 0.222 e. The van der Waals surface area contributed by atoms with Crippen LogP contribution in [-0.2, 0) is 0 Å². The number of benzene rings is 1. The van der Waals surface area contributed by atoms with Gasteiger partial charge in [-0.1, -0.05) is 23.7 Å². The van der Waals surface area contributed by atoms with Crippen molar-refractivity contribution < 1.29 is 0 Å². The van der Waals surface area contributed by atoms with E-state index in [1.165, 1.54) is 0 Å². The molecule has 0 unspecified atom stereocenters. The van der Waals surface area contributed by atoms with Crippen LogP contribution in [0.15, 0.2) is 30.5 Å². The van der Waals surface area contributed by atoms with Gasteiger partial charge in [-0.3, -0.25) is 0 Å². The molecule has 0 bridgehead atoms. The van der Waals surface area contributed by atoms with Gasteiger partial charge in [0.25, 0.3) is 0 Å². The third kappa shape index (κ3) is 2.11. The van der Waals surface area contributed by atoms with E-state index in [4.69, 9.17) is 23.2 Å². The minimum absolute atomic E-state index is 0.242. The Kier molecular flexibility index (Phi) is 2.89. The van der Waals surface area contributed by atoms with Crippen LogP contribution in [-0.4, -0.2) is 9.97 Å². The molecule has 0 aliphatic heterocycles. The van der Waals surface area contributed by atoms with Crippen molar-refractivity contribution in [2.24, 2.45) is 0 Å². The molecule has 2 rings (SSSR count). The van der Waals surface area contributed by atoms with Crippen LogP contribution in [0.1, 0.15) is 5.56 Å². The highest BCUT2D eigenvalue weighted by molar-refractivity contribution is 6.31. The molecule has 1 heterocycles. The Morgan fingerprint density at radius 3 is 2.67 bits per heavy atom. The van der Waals surface area contributed by atoms with Gasteiger partial charge in [0.1, 0.15) is 0 Å². The van der Waals surface area contributed by atoms with Crippen molar-refractivity contribution in [3.8, 4) is 11.3 Å². The lowest BCUT2D eigenvalue weighted by Crippen LogP contribution is -1.89. The van der Waals surface area contributed by atoms with E-state index < -0.39 is 0 Å². The highest BCUT2D eigenvalue weighted by atomic mass is 35.5. The molecule has 0 spiro atoms. The predicted octanol–water partition coefficient (Wildman–Crippen LogP) is 3.76. The summed E-state index contributed by atoms with van der Waals surface area (Å²) < 4.78 is 0. The molecular weight excluding hydrogens is 231 g/mol. The molecule has 0 atom stereocenters. The first-order chi connectivity index (χ1) is 7.18. The molecule has 0 amide bonds. The molecule has 2 nitrogen and oxygen atoms in total. The van der Waals surface area contributed by atoms with Crippen molar-refractivity contribution in [3.05, 3.63) is 46.3 Å². The van der Waals surface area contributed by atoms with Gasteiger partial charge in [-0.05, 0) is 36.2 Å². The van der Waals surface area contributed by atoms with Crippen molar-refractivity contribution in [1.82, 2.24) is 9.97 Å². The van der Waals surface area contributed by atoms with Crippen LogP contribution in [0.5, 0.6) is 0 Å². The standard InChI is InChI=1S/C11H8Cl2N2/c1-7-8(3-2-4-9(7)12)10-5-6-14-11(13)15-10/h2-6H,1H3. The number of nitrogens with zero attached hydrogens (tertiary/aromatic N) is 2. The summed E-state index contributed by atoms with van der Waals surface area (Å²) >= 11 is 11.8. The lowest BCUT2D eigenvalue weighted by Gasteiger charge is -2.06. The highest BCUT2D eigenvalue weighted by Crippen LogP contribution is 2.27. The molecule has 0 N–H and O–H groups in total. The normalized spacial score (nSPS) is 10.3. The SMILES string of the molecule is Cc1c(Cl)cccc1-c1ccnc(Cl)n1. The lowest BCUT2D eigenvalue weighted by atomic mass is 10.1. The molecule has 1 aromatic heterocycles. The molecule has 1 aromatic carbocycles. The zero-order valence-corrected chi connectivity index (χ0v) is 9.55. The summed E-state index contributed by atoms with van der Waals surface area (Å²) in [5.74, 6) is 0. The van der Waals surface area contributed by atoms with Crippen LogP contribution < -0.4 is 0 Å². The zero-order valence-electron chi connectivity index (χ0n) is 8.04. The minimum atomic E-state index is 0.242. The van der Waals surface area contributed by atoms with Crippen molar-refractivity contribution in [2.75, 3.05) is 0 Å². The first kappa shape index (κ1) is 10.4. The third-order valence-electron chi connectivity index (χ3n) is 2.17. The maximum Gasteiger partial charge on any atom is 0.222 e. The second kappa shape index (κ2) is 4.17. The third-order valence-corrected chi connectivity index (χ3v) is 2.76. The Balaban J connectivity index is 2.59. The fourth-order valence-electron chi connectivity index (χ4n) is 1.37. The van der Waals surface area contributed by atoms with Gasteiger partial charge in [0, 0.05) is 16.8 Å². The summed E-state index contributed by atoms with van der Waals surface area (Å²) in [5, 5.41) is 0.967. The fourth-order valence-corrected chi connectivity index (χ4v) is 1.69. The Labute approximate surface area is 97.9 Å². The summed E-state index contributed by atoms with van der Waals surface area (Å²) in [7, 11) is 0. The van der Waals surface area contributed by atoms with E-state index in [2.05, 4.69) is 9.97 Å².